The van der Waals surface area contributed by atoms with Gasteiger partial charge in [-0.3, -0.25) is 9.69 Å². The molecule has 1 fully saturated rings. The quantitative estimate of drug-likeness (QED) is 0.735. The summed E-state index contributed by atoms with van der Waals surface area (Å²) in [6, 6.07) is 3.79. The summed E-state index contributed by atoms with van der Waals surface area (Å²) < 4.78 is 1.44. The molecule has 2 aromatic rings. The molecule has 2 aromatic heterocycles. The lowest BCUT2D eigenvalue weighted by molar-refractivity contribution is -0.132. The molecule has 1 saturated heterocycles. The van der Waals surface area contributed by atoms with Gasteiger partial charge in [0.2, 0.25) is 5.91 Å². The van der Waals surface area contributed by atoms with E-state index in [1.54, 1.807) is 0 Å². The number of amides is 1. The Hall–Kier alpha value is -2.29. The van der Waals surface area contributed by atoms with Crippen LogP contribution in [0.4, 0.5) is 5.82 Å². The van der Waals surface area contributed by atoms with Crippen molar-refractivity contribution in [3.8, 4) is 0 Å². The third-order valence-electron chi connectivity index (χ3n) is 4.23. The largest absolute Gasteiger partial charge is 0.353 e. The molecule has 3 heterocycles. The molecule has 3 rings (SSSR count). The third kappa shape index (κ3) is 3.39. The van der Waals surface area contributed by atoms with E-state index in [-0.39, 0.29) is 5.91 Å². The Morgan fingerprint density at radius 1 is 1.17 bits per heavy atom. The highest BCUT2D eigenvalue weighted by atomic mass is 16.2. The SMILES string of the molecule is CCN(CC)C(=O)CN1CCN(c2ccc3nnnn3n2)CC1. The van der Waals surface area contributed by atoms with Crippen molar-refractivity contribution in [2.75, 3.05) is 50.7 Å². The number of nitrogens with zero attached hydrogens (tertiary/aromatic N) is 8. The zero-order chi connectivity index (χ0) is 16.2. The van der Waals surface area contributed by atoms with Crippen molar-refractivity contribution in [2.45, 2.75) is 13.8 Å². The molecule has 0 N–H and O–H groups in total. The van der Waals surface area contributed by atoms with Crippen LogP contribution in [0.2, 0.25) is 0 Å². The van der Waals surface area contributed by atoms with Crippen molar-refractivity contribution in [3.63, 3.8) is 0 Å². The molecule has 124 valence electrons. The van der Waals surface area contributed by atoms with E-state index in [1.165, 1.54) is 4.63 Å². The number of hydrogen-bond acceptors (Lipinski definition) is 7. The van der Waals surface area contributed by atoms with Crippen molar-refractivity contribution >= 4 is 17.4 Å². The Labute approximate surface area is 134 Å². The van der Waals surface area contributed by atoms with Crippen molar-refractivity contribution in [2.24, 2.45) is 0 Å². The number of carbonyl (C=O) groups is 1. The van der Waals surface area contributed by atoms with E-state index >= 15 is 0 Å². The van der Waals surface area contributed by atoms with Crippen LogP contribution in [-0.2, 0) is 4.79 Å². The number of aromatic nitrogens is 5. The molecule has 1 aliphatic rings. The smallest absolute Gasteiger partial charge is 0.236 e. The van der Waals surface area contributed by atoms with E-state index < -0.39 is 0 Å². The van der Waals surface area contributed by atoms with Crippen LogP contribution in [0.25, 0.3) is 5.65 Å². The molecule has 1 aliphatic heterocycles. The summed E-state index contributed by atoms with van der Waals surface area (Å²) in [7, 11) is 0. The van der Waals surface area contributed by atoms with Crippen LogP contribution in [-0.4, -0.2) is 86.8 Å². The summed E-state index contributed by atoms with van der Waals surface area (Å²) in [6.45, 7) is 9.44. The zero-order valence-corrected chi connectivity index (χ0v) is 13.6. The van der Waals surface area contributed by atoms with Gasteiger partial charge in [-0.05, 0) is 36.4 Å². The summed E-state index contributed by atoms with van der Waals surface area (Å²) in [6.07, 6.45) is 0. The summed E-state index contributed by atoms with van der Waals surface area (Å²) >= 11 is 0. The molecule has 0 spiro atoms. The Morgan fingerprint density at radius 2 is 1.91 bits per heavy atom. The minimum absolute atomic E-state index is 0.205. The van der Waals surface area contributed by atoms with Gasteiger partial charge in [0, 0.05) is 39.3 Å². The number of piperazine rings is 1. The van der Waals surface area contributed by atoms with Gasteiger partial charge in [0.1, 0.15) is 0 Å². The van der Waals surface area contributed by atoms with Crippen molar-refractivity contribution in [1.29, 1.82) is 0 Å². The second-order valence-electron chi connectivity index (χ2n) is 5.55. The van der Waals surface area contributed by atoms with Gasteiger partial charge in [-0.25, -0.2) is 0 Å². The van der Waals surface area contributed by atoms with E-state index in [1.807, 2.05) is 30.9 Å². The Morgan fingerprint density at radius 3 is 2.61 bits per heavy atom. The Balaban J connectivity index is 1.56. The summed E-state index contributed by atoms with van der Waals surface area (Å²) in [5.74, 6) is 1.07. The number of tetrazole rings is 1. The van der Waals surface area contributed by atoms with Crippen LogP contribution in [0, 0.1) is 0 Å². The molecule has 0 atom stereocenters. The molecule has 0 aromatic carbocycles. The molecule has 0 bridgehead atoms. The molecule has 0 aliphatic carbocycles. The van der Waals surface area contributed by atoms with E-state index in [2.05, 4.69) is 30.4 Å². The fourth-order valence-corrected chi connectivity index (χ4v) is 2.81. The van der Waals surface area contributed by atoms with Gasteiger partial charge in [-0.15, -0.1) is 14.8 Å². The molecule has 1 amide bonds. The van der Waals surface area contributed by atoms with E-state index in [4.69, 9.17) is 0 Å². The van der Waals surface area contributed by atoms with Crippen LogP contribution in [0.1, 0.15) is 13.8 Å². The summed E-state index contributed by atoms with van der Waals surface area (Å²) in [4.78, 5) is 18.4. The number of carbonyl (C=O) groups excluding carboxylic acids is 1. The Kier molecular flexibility index (Phi) is 4.65. The first-order valence-corrected chi connectivity index (χ1v) is 8.01. The van der Waals surface area contributed by atoms with E-state index in [9.17, 15) is 4.79 Å². The first-order valence-electron chi connectivity index (χ1n) is 8.01. The standard InChI is InChI=1S/C14H22N8O/c1-3-20(4-2)14(23)11-19-7-9-21(10-8-19)13-6-5-12-15-17-18-22(12)16-13/h5-6H,3-4,7-11H2,1-2H3. The van der Waals surface area contributed by atoms with Gasteiger partial charge in [-0.1, -0.05) is 0 Å². The molecular weight excluding hydrogens is 296 g/mol. The highest BCUT2D eigenvalue weighted by molar-refractivity contribution is 5.78. The molecule has 23 heavy (non-hydrogen) atoms. The highest BCUT2D eigenvalue weighted by Gasteiger charge is 2.21. The Bertz CT molecular complexity index is 660. The second kappa shape index (κ2) is 6.86. The summed E-state index contributed by atoms with van der Waals surface area (Å²) in [5.41, 5.74) is 0.636. The summed E-state index contributed by atoms with van der Waals surface area (Å²) in [5, 5.41) is 15.7. The normalized spacial score (nSPS) is 16.0. The zero-order valence-electron chi connectivity index (χ0n) is 13.6. The van der Waals surface area contributed by atoms with Gasteiger partial charge in [0.05, 0.1) is 6.54 Å². The van der Waals surface area contributed by atoms with E-state index in [0.717, 1.165) is 45.1 Å². The fourth-order valence-electron chi connectivity index (χ4n) is 2.81. The average Bonchev–Trinajstić information content (AvgIpc) is 3.04. The molecular formula is C14H22N8O. The van der Waals surface area contributed by atoms with Crippen LogP contribution in [0.15, 0.2) is 12.1 Å². The predicted octanol–water partition coefficient (Wildman–Crippen LogP) is -0.490. The van der Waals surface area contributed by atoms with Crippen molar-refractivity contribution in [3.05, 3.63) is 12.1 Å². The maximum Gasteiger partial charge on any atom is 0.236 e. The van der Waals surface area contributed by atoms with Gasteiger partial charge in [0.15, 0.2) is 11.5 Å². The number of hydrogen-bond donors (Lipinski definition) is 0. The van der Waals surface area contributed by atoms with Crippen LogP contribution in [0.5, 0.6) is 0 Å². The van der Waals surface area contributed by atoms with Gasteiger partial charge >= 0.3 is 0 Å². The highest BCUT2D eigenvalue weighted by Crippen LogP contribution is 2.13. The number of likely N-dealkylation sites (N-methyl/N-ethyl adjacent to an activating group) is 1. The molecule has 9 nitrogen and oxygen atoms in total. The van der Waals surface area contributed by atoms with Crippen LogP contribution < -0.4 is 4.90 Å². The minimum atomic E-state index is 0.205. The lowest BCUT2D eigenvalue weighted by atomic mass is 10.3. The predicted molar refractivity (Wildman–Crippen MR) is 85.2 cm³/mol. The van der Waals surface area contributed by atoms with Crippen molar-refractivity contribution < 1.29 is 4.79 Å². The lowest BCUT2D eigenvalue weighted by Crippen LogP contribution is -2.50. The monoisotopic (exact) mass is 318 g/mol. The number of fused-ring (bicyclic) bond motifs is 1. The molecule has 9 heteroatoms. The second-order valence-corrected chi connectivity index (χ2v) is 5.55. The van der Waals surface area contributed by atoms with Gasteiger partial charge in [0.25, 0.3) is 0 Å². The van der Waals surface area contributed by atoms with E-state index in [0.29, 0.717) is 12.2 Å². The van der Waals surface area contributed by atoms with Crippen molar-refractivity contribution in [1.82, 2.24) is 35.1 Å². The first kappa shape index (κ1) is 15.6. The molecule has 0 radical (unpaired) electrons. The minimum Gasteiger partial charge on any atom is -0.353 e. The first-order chi connectivity index (χ1) is 11.2. The topological polar surface area (TPSA) is 82.8 Å². The average molecular weight is 318 g/mol. The van der Waals surface area contributed by atoms with Gasteiger partial charge < -0.3 is 9.80 Å². The van der Waals surface area contributed by atoms with Crippen LogP contribution in [0.3, 0.4) is 0 Å². The molecule has 0 unspecified atom stereocenters. The number of anilines is 1. The fraction of sp³-hybridized carbons (Fsp3) is 0.643. The maximum atomic E-state index is 12.2. The lowest BCUT2D eigenvalue weighted by Gasteiger charge is -2.35. The third-order valence-corrected chi connectivity index (χ3v) is 4.23. The molecule has 0 saturated carbocycles. The number of rotatable bonds is 5. The van der Waals surface area contributed by atoms with Crippen LogP contribution >= 0.6 is 0 Å². The van der Waals surface area contributed by atoms with Gasteiger partial charge in [-0.2, -0.15) is 0 Å². The maximum absolute atomic E-state index is 12.2.